The Bertz CT molecular complexity index is 570. The molecule has 2 rings (SSSR count). The van der Waals surface area contributed by atoms with Crippen LogP contribution < -0.4 is 5.73 Å². The zero-order chi connectivity index (χ0) is 13.8. The molecule has 0 aliphatic carbocycles. The number of halogens is 2. The first-order valence-corrected chi connectivity index (χ1v) is 8.42. The summed E-state index contributed by atoms with van der Waals surface area (Å²) < 4.78 is 2.19. The van der Waals surface area contributed by atoms with Crippen molar-refractivity contribution in [3.8, 4) is 0 Å². The van der Waals surface area contributed by atoms with E-state index in [-0.39, 0.29) is 6.04 Å². The molecule has 0 aliphatic rings. The van der Waals surface area contributed by atoms with Crippen LogP contribution >= 0.6 is 43.6 Å². The Balaban J connectivity index is 2.30. The lowest BCUT2D eigenvalue weighted by Crippen LogP contribution is -2.18. The monoisotopic (exact) mass is 399 g/mol. The molecule has 0 radical (unpaired) electrons. The van der Waals surface area contributed by atoms with Crippen molar-refractivity contribution in [2.75, 3.05) is 0 Å². The average Bonchev–Trinajstić information content (AvgIpc) is 2.32. The van der Waals surface area contributed by atoms with Crippen LogP contribution in [0.4, 0.5) is 0 Å². The first-order chi connectivity index (χ1) is 9.04. The van der Waals surface area contributed by atoms with E-state index in [0.717, 1.165) is 15.4 Å². The van der Waals surface area contributed by atoms with Crippen molar-refractivity contribution >= 4 is 43.6 Å². The third-order valence-electron chi connectivity index (χ3n) is 2.59. The maximum absolute atomic E-state index is 5.92. The smallest absolute Gasteiger partial charge is 0.0186 e. The molecule has 1 nitrogen and oxygen atoms in total. The Morgan fingerprint density at radius 3 is 2.53 bits per heavy atom. The van der Waals surface area contributed by atoms with Gasteiger partial charge in [-0.3, -0.25) is 0 Å². The van der Waals surface area contributed by atoms with Gasteiger partial charge >= 0.3 is 0 Å². The highest BCUT2D eigenvalue weighted by Crippen LogP contribution is 2.34. The minimum atomic E-state index is 0.169. The molecule has 0 fully saturated rings. The summed E-state index contributed by atoms with van der Waals surface area (Å²) in [5.41, 5.74) is 7.22. The van der Waals surface area contributed by atoms with Crippen molar-refractivity contribution in [2.24, 2.45) is 5.73 Å². The molecule has 0 saturated carbocycles. The third-order valence-corrected chi connectivity index (χ3v) is 4.67. The minimum Gasteiger partial charge on any atom is -0.328 e. The van der Waals surface area contributed by atoms with Gasteiger partial charge in [0.25, 0.3) is 0 Å². The summed E-state index contributed by atoms with van der Waals surface area (Å²) in [6.07, 6.45) is 0.892. The second-order valence-corrected chi connectivity index (χ2v) is 7.44. The van der Waals surface area contributed by atoms with Gasteiger partial charge in [0, 0.05) is 24.8 Å². The number of rotatable bonds is 4. The van der Waals surface area contributed by atoms with E-state index in [4.69, 9.17) is 5.73 Å². The second-order valence-electron chi connectivity index (χ2n) is 4.49. The zero-order valence-corrected chi connectivity index (χ0v) is 14.6. The third kappa shape index (κ3) is 4.63. The molecule has 2 aromatic rings. The normalized spacial score (nSPS) is 12.4. The standard InChI is InChI=1S/C15H15Br2NS/c1-10(18)7-11-5-6-13(17)9-15(11)19-14-4-2-3-12(16)8-14/h2-6,8-10H,7,18H2,1H3. The van der Waals surface area contributed by atoms with Gasteiger partial charge in [0.2, 0.25) is 0 Å². The summed E-state index contributed by atoms with van der Waals surface area (Å²) in [6, 6.07) is 14.9. The molecule has 0 bridgehead atoms. The Hall–Kier alpha value is -0.290. The lowest BCUT2D eigenvalue weighted by molar-refractivity contribution is 0.729. The van der Waals surface area contributed by atoms with Gasteiger partial charge in [0.1, 0.15) is 0 Å². The van der Waals surface area contributed by atoms with Gasteiger partial charge in [-0.2, -0.15) is 0 Å². The predicted molar refractivity (Wildman–Crippen MR) is 89.8 cm³/mol. The van der Waals surface area contributed by atoms with E-state index < -0.39 is 0 Å². The molecule has 0 aromatic heterocycles. The van der Waals surface area contributed by atoms with Gasteiger partial charge in [-0.25, -0.2) is 0 Å². The van der Waals surface area contributed by atoms with Crippen LogP contribution in [0, 0.1) is 0 Å². The molecule has 0 saturated heterocycles. The van der Waals surface area contributed by atoms with E-state index >= 15 is 0 Å². The summed E-state index contributed by atoms with van der Waals surface area (Å²) >= 11 is 8.81. The Labute approximate surface area is 135 Å². The molecule has 19 heavy (non-hydrogen) atoms. The second kappa shape index (κ2) is 6.93. The van der Waals surface area contributed by atoms with Gasteiger partial charge in [-0.05, 0) is 49.2 Å². The first-order valence-electron chi connectivity index (χ1n) is 6.02. The van der Waals surface area contributed by atoms with E-state index in [0.29, 0.717) is 0 Å². The molecule has 2 aromatic carbocycles. The SMILES string of the molecule is CC(N)Cc1ccc(Br)cc1Sc1cccc(Br)c1. The van der Waals surface area contributed by atoms with E-state index in [2.05, 4.69) is 68.3 Å². The summed E-state index contributed by atoms with van der Waals surface area (Å²) in [5, 5.41) is 0. The predicted octanol–water partition coefficient (Wildman–Crippen LogP) is 5.25. The molecular weight excluding hydrogens is 386 g/mol. The molecule has 2 N–H and O–H groups in total. The van der Waals surface area contributed by atoms with Crippen LogP contribution in [-0.2, 0) is 6.42 Å². The van der Waals surface area contributed by atoms with Crippen LogP contribution in [0.5, 0.6) is 0 Å². The summed E-state index contributed by atoms with van der Waals surface area (Å²) in [4.78, 5) is 2.48. The molecule has 1 atom stereocenters. The van der Waals surface area contributed by atoms with Crippen molar-refractivity contribution < 1.29 is 0 Å². The van der Waals surface area contributed by atoms with Crippen LogP contribution in [0.25, 0.3) is 0 Å². The fraction of sp³-hybridized carbons (Fsp3) is 0.200. The Morgan fingerprint density at radius 2 is 1.84 bits per heavy atom. The maximum atomic E-state index is 5.92. The lowest BCUT2D eigenvalue weighted by atomic mass is 10.1. The van der Waals surface area contributed by atoms with Crippen molar-refractivity contribution in [1.29, 1.82) is 0 Å². The van der Waals surface area contributed by atoms with Crippen molar-refractivity contribution in [3.05, 3.63) is 57.0 Å². The lowest BCUT2D eigenvalue weighted by Gasteiger charge is -2.12. The highest BCUT2D eigenvalue weighted by atomic mass is 79.9. The van der Waals surface area contributed by atoms with Crippen LogP contribution in [0.1, 0.15) is 12.5 Å². The average molecular weight is 401 g/mol. The van der Waals surface area contributed by atoms with Crippen LogP contribution in [0.15, 0.2) is 61.2 Å². The van der Waals surface area contributed by atoms with Crippen LogP contribution in [0.2, 0.25) is 0 Å². The Morgan fingerprint density at radius 1 is 1.11 bits per heavy atom. The van der Waals surface area contributed by atoms with E-state index in [1.165, 1.54) is 15.4 Å². The summed E-state index contributed by atoms with van der Waals surface area (Å²) in [5.74, 6) is 0. The highest BCUT2D eigenvalue weighted by Gasteiger charge is 2.08. The zero-order valence-electron chi connectivity index (χ0n) is 10.6. The maximum Gasteiger partial charge on any atom is 0.0186 e. The van der Waals surface area contributed by atoms with Gasteiger partial charge in [-0.15, -0.1) is 0 Å². The van der Waals surface area contributed by atoms with Gasteiger partial charge in [0.15, 0.2) is 0 Å². The summed E-state index contributed by atoms with van der Waals surface area (Å²) in [6.45, 7) is 2.04. The number of nitrogens with two attached hydrogens (primary N) is 1. The number of hydrogen-bond donors (Lipinski definition) is 1. The van der Waals surface area contributed by atoms with Crippen molar-refractivity contribution in [3.63, 3.8) is 0 Å². The fourth-order valence-corrected chi connectivity index (χ4v) is 3.91. The van der Waals surface area contributed by atoms with Gasteiger partial charge in [-0.1, -0.05) is 55.8 Å². The quantitative estimate of drug-likeness (QED) is 0.757. The minimum absolute atomic E-state index is 0.169. The molecule has 100 valence electrons. The molecule has 0 spiro atoms. The van der Waals surface area contributed by atoms with E-state index in [1.54, 1.807) is 11.8 Å². The fourth-order valence-electron chi connectivity index (χ4n) is 1.80. The molecule has 0 amide bonds. The highest BCUT2D eigenvalue weighted by molar-refractivity contribution is 9.10. The molecule has 1 unspecified atom stereocenters. The van der Waals surface area contributed by atoms with E-state index in [9.17, 15) is 0 Å². The van der Waals surface area contributed by atoms with Crippen LogP contribution in [0.3, 0.4) is 0 Å². The molecule has 4 heteroatoms. The van der Waals surface area contributed by atoms with E-state index in [1.807, 2.05) is 13.0 Å². The van der Waals surface area contributed by atoms with Crippen LogP contribution in [-0.4, -0.2) is 6.04 Å². The first kappa shape index (κ1) is 15.1. The van der Waals surface area contributed by atoms with Gasteiger partial charge < -0.3 is 5.73 Å². The summed E-state index contributed by atoms with van der Waals surface area (Å²) in [7, 11) is 0. The number of hydrogen-bond acceptors (Lipinski definition) is 2. The molecule has 0 heterocycles. The topological polar surface area (TPSA) is 26.0 Å². The number of benzene rings is 2. The Kier molecular flexibility index (Phi) is 5.51. The molecular formula is C15H15Br2NS. The van der Waals surface area contributed by atoms with Crippen molar-refractivity contribution in [1.82, 2.24) is 0 Å². The largest absolute Gasteiger partial charge is 0.328 e. The molecule has 0 aliphatic heterocycles. The van der Waals surface area contributed by atoms with Gasteiger partial charge in [0.05, 0.1) is 0 Å². The van der Waals surface area contributed by atoms with Crippen molar-refractivity contribution in [2.45, 2.75) is 29.2 Å².